The van der Waals surface area contributed by atoms with Crippen LogP contribution in [0.25, 0.3) is 10.4 Å². The summed E-state index contributed by atoms with van der Waals surface area (Å²) in [6.07, 6.45) is 0.703. The Hall–Kier alpha value is -4.44. The Morgan fingerprint density at radius 3 is 2.59 bits per heavy atom. The molecule has 0 saturated heterocycles. The molecule has 0 aromatic heterocycles. The third-order valence-corrected chi connectivity index (χ3v) is 6.86. The normalized spacial score (nSPS) is 17.7. The van der Waals surface area contributed by atoms with E-state index in [1.165, 1.54) is 12.1 Å². The first-order valence-corrected chi connectivity index (χ1v) is 13.4. The number of ether oxygens (including phenoxy) is 2. The standard InChI is InChI=1S/C30H33FN6O4/c1-21-30(19-24-5-2-3-6-25(24)20-34-37-32,29(39)36-33-16-15-22-7-11-26(31)12-8-22)35-28(41-21)23-9-13-27(14-10-23)40-18-4-17-38/h2-3,5-14,21,33,38H,4,15-20H2,1H3,(H,36,39)/t21-,30-/m0/s1. The minimum Gasteiger partial charge on any atom is -0.494 e. The molecule has 4 rings (SSSR count). The zero-order chi connectivity index (χ0) is 29.1. The Bertz CT molecular complexity index is 1390. The van der Waals surface area contributed by atoms with Crippen LogP contribution in [0.15, 0.2) is 82.9 Å². The van der Waals surface area contributed by atoms with Gasteiger partial charge in [0.05, 0.1) is 13.2 Å². The summed E-state index contributed by atoms with van der Waals surface area (Å²) in [4.78, 5) is 21.5. The van der Waals surface area contributed by atoms with Gasteiger partial charge in [0.2, 0.25) is 5.90 Å². The van der Waals surface area contributed by atoms with Crippen LogP contribution in [-0.2, 0) is 28.9 Å². The molecule has 0 saturated carbocycles. The summed E-state index contributed by atoms with van der Waals surface area (Å²) in [6.45, 7) is 2.82. The van der Waals surface area contributed by atoms with E-state index in [0.717, 1.165) is 16.7 Å². The van der Waals surface area contributed by atoms with Crippen LogP contribution in [0.4, 0.5) is 4.39 Å². The van der Waals surface area contributed by atoms with Crippen LogP contribution < -0.4 is 15.6 Å². The largest absolute Gasteiger partial charge is 0.494 e. The summed E-state index contributed by atoms with van der Waals surface area (Å²) >= 11 is 0. The minimum absolute atomic E-state index is 0.0534. The number of hydrogen-bond acceptors (Lipinski definition) is 7. The highest BCUT2D eigenvalue weighted by Gasteiger charge is 2.50. The molecule has 0 unspecified atom stereocenters. The highest BCUT2D eigenvalue weighted by atomic mass is 19.1. The zero-order valence-electron chi connectivity index (χ0n) is 22.8. The van der Waals surface area contributed by atoms with E-state index in [1.54, 1.807) is 31.2 Å². The van der Waals surface area contributed by atoms with Crippen LogP contribution in [0.5, 0.6) is 5.75 Å². The molecule has 1 amide bonds. The molecule has 10 nitrogen and oxygen atoms in total. The van der Waals surface area contributed by atoms with Crippen LogP contribution in [0.3, 0.4) is 0 Å². The smallest absolute Gasteiger partial charge is 0.266 e. The maximum atomic E-state index is 13.8. The monoisotopic (exact) mass is 560 g/mol. The highest BCUT2D eigenvalue weighted by Crippen LogP contribution is 2.33. The van der Waals surface area contributed by atoms with E-state index >= 15 is 0 Å². The van der Waals surface area contributed by atoms with Gasteiger partial charge in [0.25, 0.3) is 5.91 Å². The Morgan fingerprint density at radius 1 is 1.15 bits per heavy atom. The number of benzene rings is 3. The van der Waals surface area contributed by atoms with Gasteiger partial charge in [-0.2, -0.15) is 0 Å². The van der Waals surface area contributed by atoms with Gasteiger partial charge < -0.3 is 14.6 Å². The van der Waals surface area contributed by atoms with Gasteiger partial charge in [-0.1, -0.05) is 41.5 Å². The van der Waals surface area contributed by atoms with Crippen LogP contribution in [0.1, 0.15) is 35.6 Å². The number of aliphatic imine (C=N–C) groups is 1. The molecule has 0 radical (unpaired) electrons. The molecule has 3 aromatic carbocycles. The lowest BCUT2D eigenvalue weighted by Gasteiger charge is -2.29. The number of carbonyl (C=O) groups is 1. The van der Waals surface area contributed by atoms with Crippen LogP contribution in [0.2, 0.25) is 0 Å². The van der Waals surface area contributed by atoms with Gasteiger partial charge in [-0.25, -0.2) is 14.8 Å². The van der Waals surface area contributed by atoms with Gasteiger partial charge in [0, 0.05) is 36.5 Å². The third kappa shape index (κ3) is 7.61. The summed E-state index contributed by atoms with van der Waals surface area (Å²) < 4.78 is 25.0. The number of aliphatic hydroxyl groups excluding tert-OH is 1. The van der Waals surface area contributed by atoms with Crippen LogP contribution in [0, 0.1) is 5.82 Å². The number of halogens is 1. The Morgan fingerprint density at radius 2 is 1.88 bits per heavy atom. The lowest BCUT2D eigenvalue weighted by Crippen LogP contribution is -2.56. The van der Waals surface area contributed by atoms with Crippen molar-refractivity contribution in [2.24, 2.45) is 10.1 Å². The molecule has 0 aliphatic carbocycles. The molecule has 0 bridgehead atoms. The Labute approximate surface area is 237 Å². The van der Waals surface area contributed by atoms with E-state index < -0.39 is 11.6 Å². The maximum Gasteiger partial charge on any atom is 0.266 e. The van der Waals surface area contributed by atoms with Gasteiger partial charge in [0.1, 0.15) is 17.7 Å². The Balaban J connectivity index is 1.56. The van der Waals surface area contributed by atoms with Gasteiger partial charge in [-0.05, 0) is 72.0 Å². The first-order chi connectivity index (χ1) is 19.9. The van der Waals surface area contributed by atoms with Crippen molar-refractivity contribution in [2.45, 2.75) is 44.4 Å². The van der Waals surface area contributed by atoms with Gasteiger partial charge in [-0.15, -0.1) is 0 Å². The van der Waals surface area contributed by atoms with Crippen molar-refractivity contribution < 1.29 is 23.8 Å². The van der Waals surface area contributed by atoms with Crippen molar-refractivity contribution in [1.29, 1.82) is 0 Å². The molecular weight excluding hydrogens is 527 g/mol. The Kier molecular flexibility index (Phi) is 10.3. The molecule has 1 aliphatic rings. The molecule has 1 aliphatic heterocycles. The van der Waals surface area contributed by atoms with Crippen molar-refractivity contribution in [1.82, 2.24) is 10.9 Å². The van der Waals surface area contributed by atoms with E-state index in [9.17, 15) is 9.18 Å². The maximum absolute atomic E-state index is 13.8. The van der Waals surface area contributed by atoms with E-state index in [0.29, 0.717) is 43.2 Å². The van der Waals surface area contributed by atoms with Crippen molar-refractivity contribution >= 4 is 11.8 Å². The van der Waals surface area contributed by atoms with E-state index in [1.807, 2.05) is 36.4 Å². The molecule has 0 fully saturated rings. The van der Waals surface area contributed by atoms with Crippen molar-refractivity contribution in [2.75, 3.05) is 19.8 Å². The van der Waals surface area contributed by atoms with Crippen molar-refractivity contribution in [3.8, 4) is 5.75 Å². The lowest BCUT2D eigenvalue weighted by atomic mass is 9.84. The topological polar surface area (TPSA) is 141 Å². The number of aliphatic hydroxyl groups is 1. The second-order valence-corrected chi connectivity index (χ2v) is 9.64. The molecule has 3 N–H and O–H groups in total. The molecule has 1 heterocycles. The van der Waals surface area contributed by atoms with Gasteiger partial charge in [-0.3, -0.25) is 10.2 Å². The average molecular weight is 561 g/mol. The van der Waals surface area contributed by atoms with Crippen molar-refractivity contribution in [3.63, 3.8) is 0 Å². The van der Waals surface area contributed by atoms with E-state index in [2.05, 4.69) is 20.9 Å². The van der Waals surface area contributed by atoms with Crippen LogP contribution >= 0.6 is 0 Å². The second-order valence-electron chi connectivity index (χ2n) is 9.64. The fourth-order valence-electron chi connectivity index (χ4n) is 4.53. The molecule has 2 atom stereocenters. The number of rotatable bonds is 14. The highest BCUT2D eigenvalue weighted by molar-refractivity contribution is 6.00. The average Bonchev–Trinajstić information content (AvgIpc) is 3.32. The number of hydrazine groups is 1. The molecule has 0 spiro atoms. The number of carbonyl (C=O) groups excluding carboxylic acids is 1. The fraction of sp³-hybridized carbons (Fsp3) is 0.333. The molecular formula is C30H33FN6O4. The molecule has 11 heteroatoms. The quantitative estimate of drug-likeness (QED) is 0.0881. The minimum atomic E-state index is -1.32. The van der Waals surface area contributed by atoms with Gasteiger partial charge >= 0.3 is 0 Å². The fourth-order valence-corrected chi connectivity index (χ4v) is 4.53. The summed E-state index contributed by atoms with van der Waals surface area (Å²) in [6, 6.07) is 20.9. The van der Waals surface area contributed by atoms with Crippen molar-refractivity contribution in [3.05, 3.63) is 111 Å². The molecule has 41 heavy (non-hydrogen) atoms. The predicted molar refractivity (Wildman–Crippen MR) is 153 cm³/mol. The van der Waals surface area contributed by atoms with Gasteiger partial charge in [0.15, 0.2) is 5.54 Å². The predicted octanol–water partition coefficient (Wildman–Crippen LogP) is 4.41. The van der Waals surface area contributed by atoms with Crippen LogP contribution in [-0.4, -0.2) is 48.3 Å². The summed E-state index contributed by atoms with van der Waals surface area (Å²) in [7, 11) is 0. The SMILES string of the molecule is C[C@@H]1OC(c2ccc(OCCCO)cc2)=N[C@]1(Cc1ccccc1CN=[N+]=[N-])C(=O)NNCCc1ccc(F)cc1. The lowest BCUT2D eigenvalue weighted by molar-refractivity contribution is -0.129. The number of nitrogens with zero attached hydrogens (tertiary/aromatic N) is 4. The van der Waals surface area contributed by atoms with E-state index in [-0.39, 0.29) is 31.3 Å². The second kappa shape index (κ2) is 14.3. The summed E-state index contributed by atoms with van der Waals surface area (Å²) in [5.74, 6) is 0.302. The number of amides is 1. The number of nitrogens with one attached hydrogen (secondary N) is 2. The summed E-state index contributed by atoms with van der Waals surface area (Å²) in [5.41, 5.74) is 16.5. The third-order valence-electron chi connectivity index (χ3n) is 6.86. The molecule has 3 aromatic rings. The number of hydrogen-bond donors (Lipinski definition) is 3. The van der Waals surface area contributed by atoms with E-state index in [4.69, 9.17) is 25.1 Å². The molecule has 214 valence electrons. The first kappa shape index (κ1) is 29.5. The first-order valence-electron chi connectivity index (χ1n) is 13.4. The number of azide groups is 1. The zero-order valence-corrected chi connectivity index (χ0v) is 22.8. The summed E-state index contributed by atoms with van der Waals surface area (Å²) in [5, 5.41) is 12.7.